The van der Waals surface area contributed by atoms with Crippen molar-refractivity contribution in [3.05, 3.63) is 12.2 Å². The van der Waals surface area contributed by atoms with Crippen molar-refractivity contribution in [1.29, 1.82) is 0 Å². The maximum atomic E-state index is 13.3. The van der Waals surface area contributed by atoms with Gasteiger partial charge in [-0.05, 0) is 37.2 Å². The van der Waals surface area contributed by atoms with Crippen molar-refractivity contribution in [3.63, 3.8) is 0 Å². The van der Waals surface area contributed by atoms with E-state index in [4.69, 9.17) is 9.47 Å². The van der Waals surface area contributed by atoms with E-state index in [2.05, 4.69) is 6.58 Å². The molecule has 0 amide bonds. The van der Waals surface area contributed by atoms with Gasteiger partial charge in [0.2, 0.25) is 0 Å². The molecule has 7 atom stereocenters. The molecule has 4 rings (SSSR count). The lowest BCUT2D eigenvalue weighted by molar-refractivity contribution is -0.174. The van der Waals surface area contributed by atoms with E-state index in [1.54, 1.807) is 0 Å². The second-order valence-electron chi connectivity index (χ2n) is 9.93. The first-order valence-electron chi connectivity index (χ1n) is 10.3. The van der Waals surface area contributed by atoms with Crippen LogP contribution in [0.25, 0.3) is 0 Å². The maximum Gasteiger partial charge on any atom is 0.302 e. The van der Waals surface area contributed by atoms with Gasteiger partial charge in [0.25, 0.3) is 0 Å². The van der Waals surface area contributed by atoms with Gasteiger partial charge in [0.05, 0.1) is 6.10 Å². The summed E-state index contributed by atoms with van der Waals surface area (Å²) in [6, 6.07) is 0. The van der Waals surface area contributed by atoms with Crippen molar-refractivity contribution in [1.82, 2.24) is 0 Å². The van der Waals surface area contributed by atoms with E-state index in [0.29, 0.717) is 31.3 Å². The van der Waals surface area contributed by atoms with Crippen LogP contribution in [0.15, 0.2) is 12.2 Å². The molecule has 0 spiro atoms. The smallest absolute Gasteiger partial charge is 0.302 e. The zero-order valence-electron chi connectivity index (χ0n) is 17.1. The zero-order valence-corrected chi connectivity index (χ0v) is 17.1. The highest BCUT2D eigenvalue weighted by Gasteiger charge is 2.75. The van der Waals surface area contributed by atoms with Gasteiger partial charge in [0, 0.05) is 30.1 Å². The molecule has 4 aliphatic rings. The topological polar surface area (TPSA) is 93.2 Å². The molecule has 1 saturated heterocycles. The number of rotatable bonds is 1. The van der Waals surface area contributed by atoms with E-state index in [-0.39, 0.29) is 48.0 Å². The normalized spacial score (nSPS) is 47.2. The fraction of sp³-hybridized carbons (Fsp3) is 0.773. The van der Waals surface area contributed by atoms with Gasteiger partial charge in [-0.3, -0.25) is 14.4 Å². The summed E-state index contributed by atoms with van der Waals surface area (Å²) in [6.07, 6.45) is 0.662. The summed E-state index contributed by atoms with van der Waals surface area (Å²) < 4.78 is 11.4. The second-order valence-corrected chi connectivity index (χ2v) is 9.93. The minimum Gasteiger partial charge on any atom is -0.462 e. The average Bonchev–Trinajstić information content (AvgIpc) is 3.31. The van der Waals surface area contributed by atoms with Gasteiger partial charge in [-0.2, -0.15) is 0 Å². The summed E-state index contributed by atoms with van der Waals surface area (Å²) >= 11 is 0. The number of ketones is 2. The van der Waals surface area contributed by atoms with Crippen molar-refractivity contribution >= 4 is 17.5 Å². The highest BCUT2D eigenvalue weighted by Crippen LogP contribution is 2.61. The van der Waals surface area contributed by atoms with Crippen LogP contribution >= 0.6 is 0 Å². The van der Waals surface area contributed by atoms with Crippen LogP contribution in [-0.2, 0) is 23.9 Å². The number of esters is 1. The standard InChI is InChI=1S/C22H30O6/c1-11-13-6-7-15(24)21(5)9-8-17(27-12(2)23)20(3,4)14(21)10-16(25)22(18(11)26)19(13)28-22/h13-14,16-17,19,25H,1,6-10H2,2-5H3/t13-,14+,16-,17+,19-,21+,22+/m0/s1. The summed E-state index contributed by atoms with van der Waals surface area (Å²) in [5, 5.41) is 11.1. The molecule has 3 saturated carbocycles. The number of epoxide rings is 1. The van der Waals surface area contributed by atoms with Crippen LogP contribution in [0.3, 0.4) is 0 Å². The van der Waals surface area contributed by atoms with Crippen molar-refractivity contribution in [2.45, 2.75) is 83.7 Å². The molecule has 0 unspecified atom stereocenters. The van der Waals surface area contributed by atoms with E-state index in [1.165, 1.54) is 6.92 Å². The Morgan fingerprint density at radius 1 is 1.25 bits per heavy atom. The van der Waals surface area contributed by atoms with Crippen LogP contribution in [0.5, 0.6) is 0 Å². The predicted molar refractivity (Wildman–Crippen MR) is 100 cm³/mol. The predicted octanol–water partition coefficient (Wildman–Crippen LogP) is 2.37. The number of aliphatic hydroxyl groups excluding tert-OH is 1. The summed E-state index contributed by atoms with van der Waals surface area (Å²) in [5.41, 5.74) is -1.86. The van der Waals surface area contributed by atoms with Crippen molar-refractivity contribution in [3.8, 4) is 0 Å². The molecule has 1 heterocycles. The van der Waals surface area contributed by atoms with Gasteiger partial charge < -0.3 is 14.6 Å². The van der Waals surface area contributed by atoms with Gasteiger partial charge in [0.15, 0.2) is 11.4 Å². The fourth-order valence-corrected chi connectivity index (χ4v) is 6.39. The molecule has 154 valence electrons. The Balaban J connectivity index is 1.74. The van der Waals surface area contributed by atoms with Crippen LogP contribution < -0.4 is 0 Å². The van der Waals surface area contributed by atoms with E-state index in [0.717, 1.165) is 0 Å². The van der Waals surface area contributed by atoms with Crippen molar-refractivity contribution in [2.24, 2.45) is 22.7 Å². The number of aliphatic hydroxyl groups is 1. The lowest BCUT2D eigenvalue weighted by Gasteiger charge is -2.54. The van der Waals surface area contributed by atoms with Crippen LogP contribution in [0.2, 0.25) is 0 Å². The quantitative estimate of drug-likeness (QED) is 0.420. The van der Waals surface area contributed by atoms with Crippen molar-refractivity contribution < 1.29 is 29.0 Å². The first-order valence-corrected chi connectivity index (χ1v) is 10.3. The molecule has 0 aromatic heterocycles. The van der Waals surface area contributed by atoms with Crippen LogP contribution in [0.4, 0.5) is 0 Å². The molecular weight excluding hydrogens is 360 g/mol. The van der Waals surface area contributed by atoms with Gasteiger partial charge in [-0.1, -0.05) is 27.4 Å². The monoisotopic (exact) mass is 390 g/mol. The Morgan fingerprint density at radius 2 is 1.93 bits per heavy atom. The molecule has 1 N–H and O–H groups in total. The zero-order chi connectivity index (χ0) is 20.6. The maximum absolute atomic E-state index is 13.3. The molecule has 28 heavy (non-hydrogen) atoms. The largest absolute Gasteiger partial charge is 0.462 e. The third-order valence-corrected chi connectivity index (χ3v) is 8.15. The molecule has 0 aromatic carbocycles. The number of carbonyl (C=O) groups is 3. The minimum atomic E-state index is -1.19. The van der Waals surface area contributed by atoms with E-state index in [9.17, 15) is 19.5 Å². The molecular formula is C22H30O6. The van der Waals surface area contributed by atoms with E-state index in [1.807, 2.05) is 20.8 Å². The Bertz CT molecular complexity index is 769. The first kappa shape index (κ1) is 19.8. The van der Waals surface area contributed by atoms with Gasteiger partial charge in [-0.25, -0.2) is 0 Å². The summed E-state index contributed by atoms with van der Waals surface area (Å²) in [7, 11) is 0. The number of hydrogen-bond acceptors (Lipinski definition) is 6. The lowest BCUT2D eigenvalue weighted by Crippen LogP contribution is -2.56. The second kappa shape index (κ2) is 5.99. The van der Waals surface area contributed by atoms with Crippen molar-refractivity contribution in [2.75, 3.05) is 0 Å². The molecule has 4 fully saturated rings. The summed E-state index contributed by atoms with van der Waals surface area (Å²) in [5.74, 6) is -0.826. The number of Topliss-reactive ketones (excluding diaryl/α,β-unsaturated/α-hetero) is 2. The summed E-state index contributed by atoms with van der Waals surface area (Å²) in [4.78, 5) is 37.8. The van der Waals surface area contributed by atoms with E-state index < -0.39 is 22.5 Å². The highest BCUT2D eigenvalue weighted by molar-refractivity contribution is 6.08. The molecule has 1 aliphatic heterocycles. The molecule has 6 nitrogen and oxygen atoms in total. The first-order chi connectivity index (χ1) is 13.0. The molecule has 0 aromatic rings. The Kier molecular flexibility index (Phi) is 4.23. The van der Waals surface area contributed by atoms with Crippen LogP contribution in [0, 0.1) is 22.7 Å². The van der Waals surface area contributed by atoms with Crippen LogP contribution in [0.1, 0.15) is 59.8 Å². The van der Waals surface area contributed by atoms with Gasteiger partial charge in [-0.15, -0.1) is 0 Å². The number of ether oxygens (including phenoxy) is 2. The van der Waals surface area contributed by atoms with Gasteiger partial charge >= 0.3 is 5.97 Å². The summed E-state index contributed by atoms with van der Waals surface area (Å²) in [6.45, 7) is 11.3. The Labute approximate surface area is 165 Å². The van der Waals surface area contributed by atoms with Gasteiger partial charge in [0.1, 0.15) is 18.0 Å². The fourth-order valence-electron chi connectivity index (χ4n) is 6.39. The highest BCUT2D eigenvalue weighted by atomic mass is 16.6. The number of hydrogen-bond donors (Lipinski definition) is 1. The Hall–Kier alpha value is -1.53. The molecule has 3 aliphatic carbocycles. The molecule has 0 radical (unpaired) electrons. The third kappa shape index (κ3) is 2.43. The average molecular weight is 390 g/mol. The molecule has 6 heteroatoms. The van der Waals surface area contributed by atoms with Crippen LogP contribution in [-0.4, -0.2) is 46.6 Å². The third-order valence-electron chi connectivity index (χ3n) is 8.15. The van der Waals surface area contributed by atoms with E-state index >= 15 is 0 Å². The molecule has 2 bridgehead atoms. The lowest BCUT2D eigenvalue weighted by atomic mass is 9.51. The minimum absolute atomic E-state index is 0.152. The Morgan fingerprint density at radius 3 is 2.57 bits per heavy atom. The SMILES string of the molecule is C=C1C(=O)[C@@]23O[C@H]2[C@H]1CCC(=O)[C@]1(C)CC[C@@H](OC(C)=O)C(C)(C)[C@H]1C[C@@H]3O. The number of fused-ring (bicyclic) bond motifs is 1. The number of carbonyl (C=O) groups excluding carboxylic acids is 3.